The standard InChI is InChI=1S/C36H40Cl2N2O3/c1-24-19-34(37)36(35(38)20-24)43-18-17-42-31-13-10-27(11-14-31)22-30(23-39)32-15-12-29(21-25(32)2)33-9-5-4-7-28(33)8-6-16-40-26(3)41/h4-5,7,9-15,19-21,30H,6,8,16-18,22-23,39H2,1-3H3,(H,40,41)/p+1. The van der Waals surface area contributed by atoms with Gasteiger partial charge in [-0.25, -0.2) is 0 Å². The van der Waals surface area contributed by atoms with Crippen molar-refractivity contribution in [1.29, 1.82) is 0 Å². The van der Waals surface area contributed by atoms with E-state index in [1.165, 1.54) is 33.4 Å². The average Bonchev–Trinajstić information content (AvgIpc) is 2.98. The van der Waals surface area contributed by atoms with Gasteiger partial charge in [-0.3, -0.25) is 4.79 Å². The van der Waals surface area contributed by atoms with Crippen molar-refractivity contribution in [1.82, 2.24) is 5.32 Å². The molecule has 1 atom stereocenters. The fraction of sp³-hybridized carbons (Fsp3) is 0.306. The molecule has 0 bridgehead atoms. The first-order valence-corrected chi connectivity index (χ1v) is 15.5. The fourth-order valence-corrected chi connectivity index (χ4v) is 6.07. The van der Waals surface area contributed by atoms with Gasteiger partial charge in [0.05, 0.1) is 16.6 Å². The zero-order chi connectivity index (χ0) is 30.8. The number of amides is 1. The summed E-state index contributed by atoms with van der Waals surface area (Å²) in [6, 6.07) is 27.2. The van der Waals surface area contributed by atoms with Gasteiger partial charge in [0.1, 0.15) is 19.0 Å². The summed E-state index contributed by atoms with van der Waals surface area (Å²) in [7, 11) is 0. The Labute approximate surface area is 265 Å². The molecular weight excluding hydrogens is 579 g/mol. The summed E-state index contributed by atoms with van der Waals surface area (Å²) in [5.74, 6) is 1.60. The van der Waals surface area contributed by atoms with Gasteiger partial charge in [0.25, 0.3) is 0 Å². The van der Waals surface area contributed by atoms with Gasteiger partial charge in [-0.15, -0.1) is 0 Å². The zero-order valence-electron chi connectivity index (χ0n) is 25.2. The average molecular weight is 621 g/mol. The monoisotopic (exact) mass is 619 g/mol. The molecule has 7 heteroatoms. The second kappa shape index (κ2) is 15.8. The number of nitrogens with one attached hydrogen (secondary N) is 1. The predicted molar refractivity (Wildman–Crippen MR) is 176 cm³/mol. The number of hydrogen-bond donors (Lipinski definition) is 2. The molecule has 0 radical (unpaired) electrons. The third-order valence-corrected chi connectivity index (χ3v) is 8.09. The lowest BCUT2D eigenvalue weighted by atomic mass is 9.87. The van der Waals surface area contributed by atoms with E-state index in [0.29, 0.717) is 41.5 Å². The minimum Gasteiger partial charge on any atom is -0.490 e. The Hall–Kier alpha value is -3.51. The van der Waals surface area contributed by atoms with E-state index < -0.39 is 0 Å². The Kier molecular flexibility index (Phi) is 11.9. The van der Waals surface area contributed by atoms with Gasteiger partial charge < -0.3 is 20.5 Å². The Morgan fingerprint density at radius 1 is 0.907 bits per heavy atom. The molecular formula is C36H41Cl2N2O3+. The van der Waals surface area contributed by atoms with E-state index in [1.54, 1.807) is 6.92 Å². The Morgan fingerprint density at radius 2 is 1.60 bits per heavy atom. The maximum absolute atomic E-state index is 11.2. The lowest BCUT2D eigenvalue weighted by Crippen LogP contribution is -2.53. The van der Waals surface area contributed by atoms with Crippen LogP contribution >= 0.6 is 23.2 Å². The number of quaternary nitrogens is 1. The van der Waals surface area contributed by atoms with Gasteiger partial charge in [0.15, 0.2) is 5.75 Å². The predicted octanol–water partition coefficient (Wildman–Crippen LogP) is 7.37. The minimum absolute atomic E-state index is 0.0145. The summed E-state index contributed by atoms with van der Waals surface area (Å²) in [6.07, 6.45) is 2.73. The zero-order valence-corrected chi connectivity index (χ0v) is 26.7. The van der Waals surface area contributed by atoms with Crippen molar-refractivity contribution in [3.63, 3.8) is 0 Å². The first-order valence-electron chi connectivity index (χ1n) is 14.8. The van der Waals surface area contributed by atoms with Crippen LogP contribution in [-0.4, -0.2) is 32.2 Å². The van der Waals surface area contributed by atoms with E-state index in [-0.39, 0.29) is 5.91 Å². The van der Waals surface area contributed by atoms with Crippen molar-refractivity contribution in [2.24, 2.45) is 0 Å². The highest BCUT2D eigenvalue weighted by Crippen LogP contribution is 2.34. The van der Waals surface area contributed by atoms with Gasteiger partial charge in [0, 0.05) is 19.4 Å². The van der Waals surface area contributed by atoms with Gasteiger partial charge in [-0.05, 0) is 96.3 Å². The topological polar surface area (TPSA) is 75.2 Å². The van der Waals surface area contributed by atoms with Crippen LogP contribution in [0.3, 0.4) is 0 Å². The van der Waals surface area contributed by atoms with Crippen LogP contribution in [0.1, 0.15) is 47.1 Å². The number of aryl methyl sites for hydroxylation is 3. The summed E-state index contributed by atoms with van der Waals surface area (Å²) in [6.45, 7) is 7.90. The first kappa shape index (κ1) is 32.4. The van der Waals surface area contributed by atoms with E-state index in [4.69, 9.17) is 32.7 Å². The molecule has 4 N–H and O–H groups in total. The van der Waals surface area contributed by atoms with Crippen LogP contribution in [0.2, 0.25) is 10.0 Å². The molecule has 4 rings (SSSR count). The number of rotatable bonds is 14. The Bertz CT molecular complexity index is 1500. The molecule has 0 spiro atoms. The van der Waals surface area contributed by atoms with E-state index in [2.05, 4.69) is 72.6 Å². The number of ether oxygens (including phenoxy) is 2. The van der Waals surface area contributed by atoms with E-state index in [9.17, 15) is 4.79 Å². The van der Waals surface area contributed by atoms with Crippen LogP contribution in [0.5, 0.6) is 11.5 Å². The third-order valence-electron chi connectivity index (χ3n) is 7.53. The summed E-state index contributed by atoms with van der Waals surface area (Å²) in [5, 5.41) is 3.89. The second-order valence-electron chi connectivity index (χ2n) is 10.9. The first-order chi connectivity index (χ1) is 20.7. The van der Waals surface area contributed by atoms with Crippen molar-refractivity contribution in [2.75, 3.05) is 26.3 Å². The molecule has 0 aliphatic rings. The summed E-state index contributed by atoms with van der Waals surface area (Å²) >= 11 is 12.5. The SMILES string of the molecule is CC(=O)NCCCc1ccccc1-c1ccc(C(C[NH3+])Cc2ccc(OCCOc3c(Cl)cc(C)cc3Cl)cc2)c(C)c1. The summed E-state index contributed by atoms with van der Waals surface area (Å²) < 4.78 is 11.6. The molecule has 226 valence electrons. The minimum atomic E-state index is 0.0145. The van der Waals surface area contributed by atoms with Gasteiger partial charge in [-0.2, -0.15) is 0 Å². The quantitative estimate of drug-likeness (QED) is 0.145. The number of hydrogen-bond acceptors (Lipinski definition) is 3. The molecule has 4 aromatic carbocycles. The van der Waals surface area contributed by atoms with E-state index in [1.807, 2.05) is 31.2 Å². The van der Waals surface area contributed by atoms with Crippen LogP contribution in [0.15, 0.2) is 78.9 Å². The molecule has 4 aromatic rings. The highest BCUT2D eigenvalue weighted by molar-refractivity contribution is 6.37. The largest absolute Gasteiger partial charge is 0.490 e. The fourth-order valence-electron chi connectivity index (χ4n) is 5.37. The Balaban J connectivity index is 1.34. The molecule has 0 fully saturated rings. The van der Waals surface area contributed by atoms with Gasteiger partial charge in [-0.1, -0.05) is 77.8 Å². The smallest absolute Gasteiger partial charge is 0.216 e. The Morgan fingerprint density at radius 3 is 2.28 bits per heavy atom. The number of benzene rings is 4. The van der Waals surface area contributed by atoms with Gasteiger partial charge in [0.2, 0.25) is 5.91 Å². The third kappa shape index (κ3) is 9.24. The maximum Gasteiger partial charge on any atom is 0.216 e. The number of halogens is 2. The van der Waals surface area contributed by atoms with Crippen molar-refractivity contribution in [3.8, 4) is 22.6 Å². The molecule has 0 aromatic heterocycles. The second-order valence-corrected chi connectivity index (χ2v) is 11.7. The molecule has 5 nitrogen and oxygen atoms in total. The molecule has 1 unspecified atom stereocenters. The normalized spacial score (nSPS) is 11.7. The molecule has 0 aliphatic carbocycles. The highest BCUT2D eigenvalue weighted by Gasteiger charge is 2.17. The molecule has 0 aliphatic heterocycles. The molecule has 0 saturated heterocycles. The highest BCUT2D eigenvalue weighted by atomic mass is 35.5. The summed E-state index contributed by atoms with van der Waals surface area (Å²) in [4.78, 5) is 11.2. The van der Waals surface area contributed by atoms with Crippen molar-refractivity contribution in [2.45, 2.75) is 46.0 Å². The van der Waals surface area contributed by atoms with Crippen LogP contribution < -0.4 is 20.5 Å². The van der Waals surface area contributed by atoms with E-state index >= 15 is 0 Å². The van der Waals surface area contributed by atoms with Crippen LogP contribution in [0, 0.1) is 13.8 Å². The molecule has 0 heterocycles. The number of carbonyl (C=O) groups excluding carboxylic acids is 1. The lowest BCUT2D eigenvalue weighted by molar-refractivity contribution is -0.372. The molecule has 43 heavy (non-hydrogen) atoms. The maximum atomic E-state index is 11.2. The van der Waals surface area contributed by atoms with Crippen molar-refractivity contribution in [3.05, 3.63) is 117 Å². The summed E-state index contributed by atoms with van der Waals surface area (Å²) in [5.41, 5.74) is 12.9. The van der Waals surface area contributed by atoms with Crippen LogP contribution in [0.4, 0.5) is 0 Å². The number of carbonyl (C=O) groups is 1. The van der Waals surface area contributed by atoms with E-state index in [0.717, 1.165) is 37.1 Å². The molecule has 1 amide bonds. The lowest BCUT2D eigenvalue weighted by Gasteiger charge is -2.18. The van der Waals surface area contributed by atoms with Gasteiger partial charge >= 0.3 is 0 Å². The van der Waals surface area contributed by atoms with Crippen LogP contribution in [0.25, 0.3) is 11.1 Å². The van der Waals surface area contributed by atoms with Crippen molar-refractivity contribution >= 4 is 29.1 Å². The van der Waals surface area contributed by atoms with Crippen LogP contribution in [-0.2, 0) is 17.6 Å². The van der Waals surface area contributed by atoms with Crippen molar-refractivity contribution < 1.29 is 20.0 Å². The molecule has 0 saturated carbocycles.